The van der Waals surface area contributed by atoms with E-state index in [2.05, 4.69) is 9.98 Å². The van der Waals surface area contributed by atoms with Gasteiger partial charge in [0.05, 0.1) is 11.0 Å². The number of fused-ring (bicyclic) bond motifs is 1. The number of hydrogen-bond acceptors (Lipinski definition) is 3. The Bertz CT molecular complexity index is 811. The Morgan fingerprint density at radius 2 is 2.14 bits per heavy atom. The van der Waals surface area contributed by atoms with E-state index in [9.17, 15) is 4.39 Å². The Morgan fingerprint density at radius 1 is 1.36 bits per heavy atom. The van der Waals surface area contributed by atoms with Crippen molar-refractivity contribution in [1.29, 1.82) is 0 Å². The third kappa shape index (κ3) is 2.54. The number of nitrogens with zero attached hydrogens (tertiary/aromatic N) is 3. The fourth-order valence-corrected chi connectivity index (χ4v) is 2.67. The van der Waals surface area contributed by atoms with Crippen molar-refractivity contribution in [2.24, 2.45) is 17.8 Å². The number of para-hydroxylation sites is 2. The second kappa shape index (κ2) is 5.75. The van der Waals surface area contributed by atoms with Crippen LogP contribution in [0.5, 0.6) is 0 Å². The predicted molar refractivity (Wildman–Crippen MR) is 87.7 cm³/mol. The van der Waals surface area contributed by atoms with Gasteiger partial charge in [-0.25, -0.2) is 14.4 Å². The molecule has 3 rings (SSSR count). The van der Waals surface area contributed by atoms with Gasteiger partial charge in [0.1, 0.15) is 5.83 Å². The van der Waals surface area contributed by atoms with Crippen LogP contribution in [0.4, 0.5) is 10.3 Å². The summed E-state index contributed by atoms with van der Waals surface area (Å²) in [7, 11) is 1.94. The average Bonchev–Trinajstić information content (AvgIpc) is 2.84. The maximum Gasteiger partial charge on any atom is 0.230 e. The minimum absolute atomic E-state index is 0.321. The normalized spacial score (nSPS) is 16.3. The van der Waals surface area contributed by atoms with Crippen molar-refractivity contribution in [3.63, 3.8) is 0 Å². The number of rotatable bonds is 3. The summed E-state index contributed by atoms with van der Waals surface area (Å²) in [6, 6.07) is 7.90. The maximum atomic E-state index is 13.7. The molecule has 0 atom stereocenters. The quantitative estimate of drug-likeness (QED) is 0.873. The van der Waals surface area contributed by atoms with Gasteiger partial charge in [0, 0.05) is 18.5 Å². The SMILES string of the molecule is CC/C(=N\c1nc2ccccc2n1C)C1=CC(F)=C(N)CC1. The number of aryl methyl sites for hydroxylation is 1. The van der Waals surface area contributed by atoms with Gasteiger partial charge in [0.15, 0.2) is 0 Å². The van der Waals surface area contributed by atoms with Gasteiger partial charge >= 0.3 is 0 Å². The Balaban J connectivity index is 2.04. The van der Waals surface area contributed by atoms with Crippen molar-refractivity contribution in [3.05, 3.63) is 47.4 Å². The van der Waals surface area contributed by atoms with Crippen LogP contribution in [-0.4, -0.2) is 15.3 Å². The molecule has 4 nitrogen and oxygen atoms in total. The fourth-order valence-electron chi connectivity index (χ4n) is 2.67. The standard InChI is InChI=1S/C17H19FN4/c1-3-14(11-8-9-13(19)12(18)10-11)20-17-21-15-6-4-5-7-16(15)22(17)2/h4-7,10H,3,8-9,19H2,1-2H3/b20-14+. The van der Waals surface area contributed by atoms with Crippen molar-refractivity contribution in [2.45, 2.75) is 26.2 Å². The Hall–Kier alpha value is -2.43. The lowest BCUT2D eigenvalue weighted by Gasteiger charge is -2.14. The smallest absolute Gasteiger partial charge is 0.230 e. The number of aromatic nitrogens is 2. The summed E-state index contributed by atoms with van der Waals surface area (Å²) in [5.41, 5.74) is 9.64. The van der Waals surface area contributed by atoms with Crippen LogP contribution >= 0.6 is 0 Å². The number of halogens is 1. The Labute approximate surface area is 128 Å². The number of benzene rings is 1. The molecule has 0 radical (unpaired) electrons. The molecule has 0 bridgehead atoms. The average molecular weight is 298 g/mol. The van der Waals surface area contributed by atoms with Gasteiger partial charge in [0.25, 0.3) is 0 Å². The van der Waals surface area contributed by atoms with E-state index < -0.39 is 0 Å². The highest BCUT2D eigenvalue weighted by Gasteiger charge is 2.15. The zero-order valence-electron chi connectivity index (χ0n) is 12.8. The summed E-state index contributed by atoms with van der Waals surface area (Å²) in [6.45, 7) is 2.02. The molecule has 0 aliphatic heterocycles. The number of allylic oxidation sites excluding steroid dienone is 4. The summed E-state index contributed by atoms with van der Waals surface area (Å²) in [5, 5.41) is 0. The molecule has 0 saturated heterocycles. The molecule has 22 heavy (non-hydrogen) atoms. The molecular formula is C17H19FN4. The third-order valence-electron chi connectivity index (χ3n) is 3.98. The summed E-state index contributed by atoms with van der Waals surface area (Å²) in [6.07, 6.45) is 3.49. The Morgan fingerprint density at radius 3 is 2.82 bits per heavy atom. The lowest BCUT2D eigenvalue weighted by Crippen LogP contribution is -2.10. The molecule has 5 heteroatoms. The van der Waals surface area contributed by atoms with E-state index in [1.54, 1.807) is 0 Å². The number of imidazole rings is 1. The summed E-state index contributed by atoms with van der Waals surface area (Å²) in [4.78, 5) is 9.21. The molecule has 1 aromatic carbocycles. The van der Waals surface area contributed by atoms with Crippen LogP contribution < -0.4 is 5.73 Å². The molecule has 0 fully saturated rings. The van der Waals surface area contributed by atoms with Crippen molar-refractivity contribution in [3.8, 4) is 0 Å². The van der Waals surface area contributed by atoms with Crippen LogP contribution in [0, 0.1) is 0 Å². The molecule has 0 amide bonds. The van der Waals surface area contributed by atoms with Crippen molar-refractivity contribution >= 4 is 22.7 Å². The molecule has 0 spiro atoms. The van der Waals surface area contributed by atoms with E-state index >= 15 is 0 Å². The lowest BCUT2D eigenvalue weighted by molar-refractivity contribution is 0.630. The van der Waals surface area contributed by atoms with Crippen LogP contribution in [-0.2, 0) is 7.05 Å². The first-order chi connectivity index (χ1) is 10.6. The number of hydrogen-bond donors (Lipinski definition) is 1. The molecule has 1 aromatic heterocycles. The summed E-state index contributed by atoms with van der Waals surface area (Å²) >= 11 is 0. The van der Waals surface area contributed by atoms with Crippen molar-refractivity contribution < 1.29 is 4.39 Å². The predicted octanol–water partition coefficient (Wildman–Crippen LogP) is 3.92. The molecule has 1 aliphatic carbocycles. The van der Waals surface area contributed by atoms with Gasteiger partial charge in [-0.2, -0.15) is 0 Å². The minimum Gasteiger partial charge on any atom is -0.400 e. The van der Waals surface area contributed by atoms with E-state index in [-0.39, 0.29) is 5.83 Å². The second-order valence-corrected chi connectivity index (χ2v) is 5.41. The molecule has 1 heterocycles. The van der Waals surface area contributed by atoms with Gasteiger partial charge in [-0.15, -0.1) is 0 Å². The van der Waals surface area contributed by atoms with E-state index in [4.69, 9.17) is 5.73 Å². The topological polar surface area (TPSA) is 56.2 Å². The molecular weight excluding hydrogens is 279 g/mol. The van der Waals surface area contributed by atoms with Crippen LogP contribution in [0.1, 0.15) is 26.2 Å². The van der Waals surface area contributed by atoms with E-state index in [0.717, 1.165) is 35.2 Å². The highest BCUT2D eigenvalue weighted by atomic mass is 19.1. The maximum absolute atomic E-state index is 13.7. The van der Waals surface area contributed by atoms with Gasteiger partial charge in [-0.1, -0.05) is 19.1 Å². The van der Waals surface area contributed by atoms with Gasteiger partial charge in [0.2, 0.25) is 5.95 Å². The van der Waals surface area contributed by atoms with Crippen LogP contribution in [0.15, 0.2) is 52.4 Å². The monoisotopic (exact) mass is 298 g/mol. The summed E-state index contributed by atoms with van der Waals surface area (Å²) in [5.74, 6) is 0.300. The Kier molecular flexibility index (Phi) is 3.79. The van der Waals surface area contributed by atoms with Crippen LogP contribution in [0.2, 0.25) is 0 Å². The molecule has 2 N–H and O–H groups in total. The van der Waals surface area contributed by atoms with Crippen molar-refractivity contribution in [2.75, 3.05) is 0 Å². The molecule has 2 aromatic rings. The van der Waals surface area contributed by atoms with E-state index in [1.165, 1.54) is 6.08 Å². The third-order valence-corrected chi connectivity index (χ3v) is 3.98. The van der Waals surface area contributed by atoms with E-state index in [1.807, 2.05) is 42.8 Å². The minimum atomic E-state index is -0.340. The van der Waals surface area contributed by atoms with Crippen molar-refractivity contribution in [1.82, 2.24) is 9.55 Å². The molecule has 1 aliphatic rings. The van der Waals surface area contributed by atoms with Gasteiger partial charge in [-0.3, -0.25) is 0 Å². The van der Waals surface area contributed by atoms with Crippen LogP contribution in [0.25, 0.3) is 11.0 Å². The fraction of sp³-hybridized carbons (Fsp3) is 0.294. The van der Waals surface area contributed by atoms with Gasteiger partial charge < -0.3 is 10.3 Å². The zero-order chi connectivity index (χ0) is 15.7. The largest absolute Gasteiger partial charge is 0.400 e. The van der Waals surface area contributed by atoms with Gasteiger partial charge in [-0.05, 0) is 43.0 Å². The number of nitrogens with two attached hydrogens (primary N) is 1. The lowest BCUT2D eigenvalue weighted by atomic mass is 9.96. The number of aliphatic imine (C=N–C) groups is 1. The van der Waals surface area contributed by atoms with Crippen LogP contribution in [0.3, 0.4) is 0 Å². The highest BCUT2D eigenvalue weighted by Crippen LogP contribution is 2.26. The van der Waals surface area contributed by atoms with E-state index in [0.29, 0.717) is 18.1 Å². The first-order valence-electron chi connectivity index (χ1n) is 7.44. The first kappa shape index (κ1) is 14.5. The summed E-state index contributed by atoms with van der Waals surface area (Å²) < 4.78 is 15.7. The molecule has 0 saturated carbocycles. The second-order valence-electron chi connectivity index (χ2n) is 5.41. The molecule has 114 valence electrons. The highest BCUT2D eigenvalue weighted by molar-refractivity contribution is 6.02. The zero-order valence-corrected chi connectivity index (χ0v) is 12.8. The first-order valence-corrected chi connectivity index (χ1v) is 7.44. The molecule has 0 unspecified atom stereocenters.